The number of hydrogen-bond donors (Lipinski definition) is 0. The minimum atomic E-state index is -0.342. The molecule has 1 aromatic rings. The Balaban J connectivity index is 1.64. The summed E-state index contributed by atoms with van der Waals surface area (Å²) < 4.78 is 5.22. The van der Waals surface area contributed by atoms with Crippen molar-refractivity contribution in [3.8, 4) is 0 Å². The maximum Gasteiger partial charge on any atom is 0.227 e. The Morgan fingerprint density at radius 2 is 1.88 bits per heavy atom. The van der Waals surface area contributed by atoms with Crippen LogP contribution >= 0.6 is 0 Å². The van der Waals surface area contributed by atoms with Gasteiger partial charge in [0.05, 0.1) is 12.2 Å². The van der Waals surface area contributed by atoms with E-state index in [-0.39, 0.29) is 22.6 Å². The van der Waals surface area contributed by atoms with Crippen molar-refractivity contribution in [2.45, 2.75) is 60.4 Å². The van der Waals surface area contributed by atoms with Crippen molar-refractivity contribution >= 4 is 11.8 Å². The van der Waals surface area contributed by atoms with Crippen molar-refractivity contribution in [2.75, 3.05) is 19.6 Å². The van der Waals surface area contributed by atoms with Crippen LogP contribution in [-0.4, -0.2) is 46.4 Å². The van der Waals surface area contributed by atoms with Crippen molar-refractivity contribution in [3.63, 3.8) is 0 Å². The SMILES string of the molecule is Cc1noc(C)c1CN1CC2(CCN(C(=O)C(C)(C)C)CC2)CC1=O. The topological polar surface area (TPSA) is 66.7 Å². The molecule has 0 aliphatic carbocycles. The lowest BCUT2D eigenvalue weighted by atomic mass is 9.77. The number of carbonyl (C=O) groups excluding carboxylic acids is 2. The van der Waals surface area contributed by atoms with Crippen molar-refractivity contribution in [1.82, 2.24) is 15.0 Å². The van der Waals surface area contributed by atoms with Gasteiger partial charge >= 0.3 is 0 Å². The number of carbonyl (C=O) groups is 2. The van der Waals surface area contributed by atoms with Crippen LogP contribution in [0.3, 0.4) is 0 Å². The highest BCUT2D eigenvalue weighted by Gasteiger charge is 2.46. The second kappa shape index (κ2) is 6.15. The van der Waals surface area contributed by atoms with E-state index < -0.39 is 0 Å². The summed E-state index contributed by atoms with van der Waals surface area (Å²) in [5, 5.41) is 3.98. The standard InChI is InChI=1S/C19H29N3O3/c1-13-15(14(2)25-20-13)11-22-12-19(10-16(22)23)6-8-21(9-7-19)17(24)18(3,4)5/h6-12H2,1-5H3. The molecule has 3 heterocycles. The summed E-state index contributed by atoms with van der Waals surface area (Å²) in [6.07, 6.45) is 2.39. The Kier molecular flexibility index (Phi) is 4.41. The summed E-state index contributed by atoms with van der Waals surface area (Å²) in [7, 11) is 0. The van der Waals surface area contributed by atoms with Gasteiger partial charge in [-0.15, -0.1) is 0 Å². The van der Waals surface area contributed by atoms with Gasteiger partial charge in [-0.3, -0.25) is 9.59 Å². The molecule has 3 rings (SSSR count). The van der Waals surface area contributed by atoms with Crippen LogP contribution in [0.5, 0.6) is 0 Å². The molecule has 6 nitrogen and oxygen atoms in total. The molecule has 1 aromatic heterocycles. The molecule has 0 atom stereocenters. The first-order chi connectivity index (χ1) is 11.6. The molecule has 2 aliphatic heterocycles. The van der Waals surface area contributed by atoms with E-state index in [4.69, 9.17) is 4.52 Å². The second-order valence-electron chi connectivity index (χ2n) is 8.77. The smallest absolute Gasteiger partial charge is 0.227 e. The van der Waals surface area contributed by atoms with Gasteiger partial charge < -0.3 is 14.3 Å². The lowest BCUT2D eigenvalue weighted by Crippen LogP contribution is -2.47. The van der Waals surface area contributed by atoms with E-state index in [1.54, 1.807) is 0 Å². The fraction of sp³-hybridized carbons (Fsp3) is 0.737. The fourth-order valence-corrected chi connectivity index (χ4v) is 4.04. The minimum absolute atomic E-state index is 0.0186. The largest absolute Gasteiger partial charge is 0.361 e. The molecule has 2 aliphatic rings. The van der Waals surface area contributed by atoms with Crippen LogP contribution in [0, 0.1) is 24.7 Å². The van der Waals surface area contributed by atoms with Crippen LogP contribution in [-0.2, 0) is 16.1 Å². The van der Waals surface area contributed by atoms with Crippen molar-refractivity contribution < 1.29 is 14.1 Å². The Bertz CT molecular complexity index is 659. The zero-order valence-electron chi connectivity index (χ0n) is 16.0. The number of likely N-dealkylation sites (tertiary alicyclic amines) is 2. The molecule has 138 valence electrons. The second-order valence-corrected chi connectivity index (χ2v) is 8.77. The van der Waals surface area contributed by atoms with Crippen LogP contribution in [0.4, 0.5) is 0 Å². The lowest BCUT2D eigenvalue weighted by Gasteiger charge is -2.40. The van der Waals surface area contributed by atoms with Gasteiger partial charge in [0.2, 0.25) is 11.8 Å². The molecular formula is C19H29N3O3. The summed E-state index contributed by atoms with van der Waals surface area (Å²) in [4.78, 5) is 28.9. The van der Waals surface area contributed by atoms with Crippen molar-refractivity contribution in [2.24, 2.45) is 10.8 Å². The maximum absolute atomic E-state index is 12.6. The van der Waals surface area contributed by atoms with Crippen molar-refractivity contribution in [1.29, 1.82) is 0 Å². The summed E-state index contributed by atoms with van der Waals surface area (Å²) in [5.74, 6) is 1.20. The van der Waals surface area contributed by atoms with E-state index in [1.165, 1.54) is 0 Å². The Labute approximate surface area is 149 Å². The highest BCUT2D eigenvalue weighted by molar-refractivity contribution is 5.82. The molecule has 0 aromatic carbocycles. The zero-order valence-corrected chi connectivity index (χ0v) is 16.0. The number of nitrogens with zero attached hydrogens (tertiary/aromatic N) is 3. The third-order valence-corrected chi connectivity index (χ3v) is 5.69. The van der Waals surface area contributed by atoms with E-state index in [9.17, 15) is 9.59 Å². The first kappa shape index (κ1) is 18.0. The average molecular weight is 347 g/mol. The molecule has 0 saturated carbocycles. The first-order valence-corrected chi connectivity index (χ1v) is 9.10. The van der Waals surface area contributed by atoms with E-state index in [2.05, 4.69) is 5.16 Å². The van der Waals surface area contributed by atoms with Gasteiger partial charge in [0, 0.05) is 42.4 Å². The molecule has 6 heteroatoms. The minimum Gasteiger partial charge on any atom is -0.361 e. The number of aromatic nitrogens is 1. The molecular weight excluding hydrogens is 318 g/mol. The summed E-state index contributed by atoms with van der Waals surface area (Å²) in [5.41, 5.74) is 1.55. The molecule has 0 unspecified atom stereocenters. The predicted molar refractivity (Wildman–Crippen MR) is 93.7 cm³/mol. The van der Waals surface area contributed by atoms with Crippen LogP contribution in [0.25, 0.3) is 0 Å². The molecule has 2 fully saturated rings. The predicted octanol–water partition coefficient (Wildman–Crippen LogP) is 2.68. The van der Waals surface area contributed by atoms with Crippen LogP contribution < -0.4 is 0 Å². The number of amides is 2. The average Bonchev–Trinajstić information content (AvgIpc) is 3.01. The van der Waals surface area contributed by atoms with Gasteiger partial charge in [-0.25, -0.2) is 0 Å². The number of rotatable bonds is 2. The molecule has 0 bridgehead atoms. The number of hydrogen-bond acceptors (Lipinski definition) is 4. The molecule has 25 heavy (non-hydrogen) atoms. The normalized spacial score (nSPS) is 20.6. The molecule has 1 spiro atoms. The first-order valence-electron chi connectivity index (χ1n) is 9.10. The van der Waals surface area contributed by atoms with Gasteiger partial charge in [0.15, 0.2) is 0 Å². The summed E-state index contributed by atoms with van der Waals surface area (Å²) >= 11 is 0. The van der Waals surface area contributed by atoms with Gasteiger partial charge in [0.25, 0.3) is 0 Å². The molecule has 2 saturated heterocycles. The molecule has 2 amide bonds. The van der Waals surface area contributed by atoms with Crippen LogP contribution in [0.15, 0.2) is 4.52 Å². The van der Waals surface area contributed by atoms with Crippen molar-refractivity contribution in [3.05, 3.63) is 17.0 Å². The summed E-state index contributed by atoms with van der Waals surface area (Å²) in [6.45, 7) is 12.5. The highest BCUT2D eigenvalue weighted by Crippen LogP contribution is 2.42. The number of aryl methyl sites for hydroxylation is 2. The van der Waals surface area contributed by atoms with E-state index >= 15 is 0 Å². The Hall–Kier alpha value is -1.85. The zero-order chi connectivity index (χ0) is 18.4. The molecule has 0 radical (unpaired) electrons. The monoisotopic (exact) mass is 347 g/mol. The Morgan fingerprint density at radius 3 is 2.40 bits per heavy atom. The molecule has 0 N–H and O–H groups in total. The van der Waals surface area contributed by atoms with Gasteiger partial charge in [-0.2, -0.15) is 0 Å². The van der Waals surface area contributed by atoms with Crippen LogP contribution in [0.1, 0.15) is 57.1 Å². The van der Waals surface area contributed by atoms with Crippen LogP contribution in [0.2, 0.25) is 0 Å². The van der Waals surface area contributed by atoms with Gasteiger partial charge in [-0.1, -0.05) is 25.9 Å². The Morgan fingerprint density at radius 1 is 1.24 bits per heavy atom. The van der Waals surface area contributed by atoms with E-state index in [0.717, 1.165) is 49.5 Å². The third kappa shape index (κ3) is 3.44. The third-order valence-electron chi connectivity index (χ3n) is 5.69. The fourth-order valence-electron chi connectivity index (χ4n) is 4.04. The lowest BCUT2D eigenvalue weighted by molar-refractivity contribution is -0.141. The van der Waals surface area contributed by atoms with Gasteiger partial charge in [0.1, 0.15) is 5.76 Å². The van der Waals surface area contributed by atoms with E-state index in [1.807, 2.05) is 44.4 Å². The van der Waals surface area contributed by atoms with E-state index in [0.29, 0.717) is 13.0 Å². The maximum atomic E-state index is 12.6. The van der Waals surface area contributed by atoms with Gasteiger partial charge in [-0.05, 0) is 26.7 Å². The highest BCUT2D eigenvalue weighted by atomic mass is 16.5. The quantitative estimate of drug-likeness (QED) is 0.825. The summed E-state index contributed by atoms with van der Waals surface area (Å²) in [6, 6.07) is 0. The number of piperidine rings is 1.